The molecule has 0 aliphatic carbocycles. The molecule has 1 aromatic heterocycles. The topological polar surface area (TPSA) is 61.0 Å². The number of aromatic nitrogens is 2. The number of amides is 1. The molecule has 5 nitrogen and oxygen atoms in total. The van der Waals surface area contributed by atoms with Crippen molar-refractivity contribution in [2.24, 2.45) is 0 Å². The molecule has 0 spiro atoms. The molecular formula is C15H26N4O. The summed E-state index contributed by atoms with van der Waals surface area (Å²) in [5, 5.41) is 9.90. The van der Waals surface area contributed by atoms with Crippen LogP contribution in [0.25, 0.3) is 0 Å². The normalized spacial score (nSPS) is 20.3. The van der Waals surface area contributed by atoms with E-state index in [0.717, 1.165) is 18.8 Å². The van der Waals surface area contributed by atoms with Gasteiger partial charge in [-0.3, -0.25) is 14.8 Å². The molecule has 112 valence electrons. The number of hydrogen-bond acceptors (Lipinski definition) is 3. The van der Waals surface area contributed by atoms with Crippen LogP contribution in [0.1, 0.15) is 62.0 Å². The van der Waals surface area contributed by atoms with Crippen molar-refractivity contribution in [3.8, 4) is 0 Å². The number of H-pyrrole nitrogens is 1. The molecule has 20 heavy (non-hydrogen) atoms. The molecule has 0 unspecified atom stereocenters. The molecule has 0 bridgehead atoms. The van der Waals surface area contributed by atoms with E-state index < -0.39 is 0 Å². The Kier molecular flexibility index (Phi) is 5.17. The van der Waals surface area contributed by atoms with Gasteiger partial charge in [0, 0.05) is 19.1 Å². The summed E-state index contributed by atoms with van der Waals surface area (Å²) in [5.41, 5.74) is 1.58. The zero-order valence-electron chi connectivity index (χ0n) is 12.8. The first-order chi connectivity index (χ1) is 9.59. The number of nitrogens with one attached hydrogen (secondary N) is 2. The minimum absolute atomic E-state index is 0.0212. The van der Waals surface area contributed by atoms with Crippen molar-refractivity contribution in [1.82, 2.24) is 20.4 Å². The summed E-state index contributed by atoms with van der Waals surface area (Å²) in [4.78, 5) is 14.6. The second kappa shape index (κ2) is 6.88. The van der Waals surface area contributed by atoms with Crippen LogP contribution in [0.4, 0.5) is 0 Å². The smallest absolute Gasteiger partial charge is 0.254 e. The predicted molar refractivity (Wildman–Crippen MR) is 79.9 cm³/mol. The Bertz CT molecular complexity index is 441. The van der Waals surface area contributed by atoms with Crippen LogP contribution in [0.2, 0.25) is 0 Å². The van der Waals surface area contributed by atoms with Gasteiger partial charge in [-0.05, 0) is 32.2 Å². The minimum Gasteiger partial charge on any atom is -0.351 e. The molecule has 0 radical (unpaired) electrons. The van der Waals surface area contributed by atoms with Crippen LogP contribution >= 0.6 is 0 Å². The summed E-state index contributed by atoms with van der Waals surface area (Å²) >= 11 is 0. The molecule has 0 saturated carbocycles. The molecule has 1 fully saturated rings. The van der Waals surface area contributed by atoms with Crippen molar-refractivity contribution >= 4 is 5.91 Å². The first-order valence-corrected chi connectivity index (χ1v) is 7.65. The van der Waals surface area contributed by atoms with Gasteiger partial charge in [-0.2, -0.15) is 5.10 Å². The van der Waals surface area contributed by atoms with Gasteiger partial charge >= 0.3 is 0 Å². The number of nitrogens with zero attached hydrogens (tertiary/aromatic N) is 2. The average molecular weight is 278 g/mol. The van der Waals surface area contributed by atoms with Gasteiger partial charge < -0.3 is 5.32 Å². The summed E-state index contributed by atoms with van der Waals surface area (Å²) in [6.07, 6.45) is 5.50. The summed E-state index contributed by atoms with van der Waals surface area (Å²) < 4.78 is 0. The minimum atomic E-state index is -0.0212. The van der Waals surface area contributed by atoms with Crippen LogP contribution < -0.4 is 5.32 Å². The number of piperidine rings is 1. The zero-order chi connectivity index (χ0) is 14.5. The van der Waals surface area contributed by atoms with Gasteiger partial charge in [0.15, 0.2) is 0 Å². The van der Waals surface area contributed by atoms with E-state index in [9.17, 15) is 4.79 Å². The first kappa shape index (κ1) is 15.0. The fraction of sp³-hybridized carbons (Fsp3) is 0.733. The zero-order valence-corrected chi connectivity index (χ0v) is 12.8. The van der Waals surface area contributed by atoms with Crippen LogP contribution in [0, 0.1) is 0 Å². The molecule has 2 heterocycles. The quantitative estimate of drug-likeness (QED) is 0.867. The van der Waals surface area contributed by atoms with Crippen LogP contribution in [0.3, 0.4) is 0 Å². The Morgan fingerprint density at radius 2 is 2.35 bits per heavy atom. The van der Waals surface area contributed by atoms with Crippen LogP contribution in [-0.2, 0) is 0 Å². The van der Waals surface area contributed by atoms with E-state index in [1.54, 1.807) is 6.20 Å². The summed E-state index contributed by atoms with van der Waals surface area (Å²) in [5.74, 6) is 0.257. The molecule has 0 aromatic carbocycles. The maximum absolute atomic E-state index is 12.2. The molecule has 5 heteroatoms. The SMILES string of the molecule is CC(C)c1[nH]ncc1C(=O)NCCN1CCCC[C@H]1C. The van der Waals surface area contributed by atoms with Crippen molar-refractivity contribution in [2.45, 2.75) is 52.0 Å². The molecule has 1 aliphatic heterocycles. The molecular weight excluding hydrogens is 252 g/mol. The lowest BCUT2D eigenvalue weighted by molar-refractivity contribution is 0.0937. The summed E-state index contributed by atoms with van der Waals surface area (Å²) in [6, 6.07) is 0.640. The Morgan fingerprint density at radius 1 is 1.55 bits per heavy atom. The second-order valence-electron chi connectivity index (χ2n) is 5.99. The number of rotatable bonds is 5. The van der Waals surface area contributed by atoms with E-state index in [4.69, 9.17) is 0 Å². The fourth-order valence-corrected chi connectivity index (χ4v) is 2.82. The predicted octanol–water partition coefficient (Wildman–Crippen LogP) is 2.14. The Labute approximate surface area is 121 Å². The van der Waals surface area contributed by atoms with Crippen LogP contribution in [0.5, 0.6) is 0 Å². The standard InChI is InChI=1S/C15H26N4O/c1-11(2)14-13(10-17-18-14)15(20)16-7-9-19-8-5-4-6-12(19)3/h10-12H,4-9H2,1-3H3,(H,16,20)(H,17,18)/t12-/m1/s1. The van der Waals surface area contributed by atoms with Crippen molar-refractivity contribution in [3.63, 3.8) is 0 Å². The lowest BCUT2D eigenvalue weighted by Gasteiger charge is -2.33. The molecule has 1 saturated heterocycles. The van der Waals surface area contributed by atoms with E-state index in [1.807, 2.05) is 0 Å². The lowest BCUT2D eigenvalue weighted by atomic mass is 10.0. The van der Waals surface area contributed by atoms with Crippen molar-refractivity contribution in [3.05, 3.63) is 17.5 Å². The van der Waals surface area contributed by atoms with E-state index in [2.05, 4.69) is 41.2 Å². The molecule has 1 aromatic rings. The third kappa shape index (κ3) is 3.60. The second-order valence-corrected chi connectivity index (χ2v) is 5.99. The van der Waals surface area contributed by atoms with Gasteiger partial charge in [0.1, 0.15) is 0 Å². The molecule has 1 amide bonds. The van der Waals surface area contributed by atoms with Gasteiger partial charge in [-0.1, -0.05) is 20.3 Å². The van der Waals surface area contributed by atoms with E-state index in [-0.39, 0.29) is 11.8 Å². The number of likely N-dealkylation sites (tertiary alicyclic amines) is 1. The number of carbonyl (C=O) groups excluding carboxylic acids is 1. The van der Waals surface area contributed by atoms with Gasteiger partial charge in [0.05, 0.1) is 17.5 Å². The number of hydrogen-bond donors (Lipinski definition) is 2. The largest absolute Gasteiger partial charge is 0.351 e. The Morgan fingerprint density at radius 3 is 3.05 bits per heavy atom. The van der Waals surface area contributed by atoms with Gasteiger partial charge in [-0.25, -0.2) is 0 Å². The van der Waals surface area contributed by atoms with Gasteiger partial charge in [0.25, 0.3) is 5.91 Å². The van der Waals surface area contributed by atoms with Crippen molar-refractivity contribution in [2.75, 3.05) is 19.6 Å². The lowest BCUT2D eigenvalue weighted by Crippen LogP contribution is -2.42. The highest BCUT2D eigenvalue weighted by Gasteiger charge is 2.19. The van der Waals surface area contributed by atoms with E-state index in [1.165, 1.54) is 19.3 Å². The first-order valence-electron chi connectivity index (χ1n) is 7.65. The van der Waals surface area contributed by atoms with E-state index >= 15 is 0 Å². The maximum atomic E-state index is 12.2. The molecule has 1 aliphatic rings. The van der Waals surface area contributed by atoms with Crippen molar-refractivity contribution < 1.29 is 4.79 Å². The molecule has 2 rings (SSSR count). The van der Waals surface area contributed by atoms with Crippen molar-refractivity contribution in [1.29, 1.82) is 0 Å². The van der Waals surface area contributed by atoms with Gasteiger partial charge in [0.2, 0.25) is 0 Å². The fourth-order valence-electron chi connectivity index (χ4n) is 2.82. The Balaban J connectivity index is 1.81. The van der Waals surface area contributed by atoms with E-state index in [0.29, 0.717) is 18.2 Å². The Hall–Kier alpha value is -1.36. The number of aromatic amines is 1. The molecule has 1 atom stereocenters. The number of carbonyl (C=O) groups is 1. The summed E-state index contributed by atoms with van der Waals surface area (Å²) in [7, 11) is 0. The highest BCUT2D eigenvalue weighted by atomic mass is 16.1. The monoisotopic (exact) mass is 278 g/mol. The third-order valence-corrected chi connectivity index (χ3v) is 4.12. The average Bonchev–Trinajstić information content (AvgIpc) is 2.90. The highest BCUT2D eigenvalue weighted by molar-refractivity contribution is 5.95. The maximum Gasteiger partial charge on any atom is 0.254 e. The highest BCUT2D eigenvalue weighted by Crippen LogP contribution is 2.16. The van der Waals surface area contributed by atoms with Crippen LogP contribution in [-0.4, -0.2) is 46.7 Å². The summed E-state index contributed by atoms with van der Waals surface area (Å²) in [6.45, 7) is 9.17. The molecule has 2 N–H and O–H groups in total. The van der Waals surface area contributed by atoms with Crippen LogP contribution in [0.15, 0.2) is 6.20 Å². The third-order valence-electron chi connectivity index (χ3n) is 4.12. The van der Waals surface area contributed by atoms with Gasteiger partial charge in [-0.15, -0.1) is 0 Å².